The lowest BCUT2D eigenvalue weighted by molar-refractivity contribution is -0.124. The van der Waals surface area contributed by atoms with Gasteiger partial charge in [-0.05, 0) is 69.8 Å². The van der Waals surface area contributed by atoms with E-state index in [1.54, 1.807) is 54.6 Å². The van der Waals surface area contributed by atoms with E-state index >= 15 is 9.59 Å². The number of benzene rings is 5. The smallest absolute Gasteiger partial charge is 0.346 e. The van der Waals surface area contributed by atoms with E-state index in [0.717, 1.165) is 0 Å². The summed E-state index contributed by atoms with van der Waals surface area (Å²) in [5.41, 5.74) is 0.975. The van der Waals surface area contributed by atoms with Crippen LogP contribution in [0, 0.1) is 11.8 Å². The molecule has 5 aromatic rings. The summed E-state index contributed by atoms with van der Waals surface area (Å²) in [5.74, 6) is -6.36. The molecule has 11 rings (SSSR count). The summed E-state index contributed by atoms with van der Waals surface area (Å²) in [6.45, 7) is 0. The zero-order valence-electron chi connectivity index (χ0n) is 25.3. The van der Waals surface area contributed by atoms with Gasteiger partial charge in [0.05, 0.1) is 50.6 Å². The van der Waals surface area contributed by atoms with Crippen LogP contribution in [-0.2, 0) is 29.9 Å². The zero-order valence-corrected chi connectivity index (χ0v) is 25.3. The first-order valence-electron chi connectivity index (χ1n) is 15.7. The Morgan fingerprint density at radius 1 is 0.429 bits per heavy atom. The van der Waals surface area contributed by atoms with Gasteiger partial charge in [-0.3, -0.25) is 9.59 Å². The molecule has 5 aromatic carbocycles. The zero-order chi connectivity index (χ0) is 33.4. The molecule has 1 saturated heterocycles. The molecule has 9 nitrogen and oxygen atoms in total. The Morgan fingerprint density at radius 3 is 1.06 bits per heavy atom. The Hall–Kier alpha value is -6.48. The number of rotatable bonds is 3. The summed E-state index contributed by atoms with van der Waals surface area (Å²) in [7, 11) is 0. The lowest BCUT2D eigenvalue weighted by Crippen LogP contribution is -2.62. The van der Waals surface area contributed by atoms with Crippen LogP contribution in [0.5, 0.6) is 0 Å². The highest BCUT2D eigenvalue weighted by molar-refractivity contribution is 6.25. The highest BCUT2D eigenvalue weighted by atomic mass is 16.6. The maximum Gasteiger partial charge on any atom is 0.346 e. The summed E-state index contributed by atoms with van der Waals surface area (Å²) in [4.78, 5) is 84.3. The maximum atomic E-state index is 15.2. The number of ether oxygens (including phenoxy) is 2. The molecule has 3 aliphatic heterocycles. The Kier molecular flexibility index (Phi) is 5.13. The number of nitrogens with zero attached hydrogens (tertiary/aromatic N) is 1. The average Bonchev–Trinajstić information content (AvgIpc) is 3.69. The molecule has 0 aromatic heterocycles. The number of para-hydroxylation sites is 1. The van der Waals surface area contributed by atoms with E-state index in [1.165, 1.54) is 4.90 Å². The quantitative estimate of drug-likeness (QED) is 0.151. The Labute approximate surface area is 277 Å². The van der Waals surface area contributed by atoms with Gasteiger partial charge in [0.2, 0.25) is 11.8 Å². The van der Waals surface area contributed by atoms with Crippen molar-refractivity contribution in [3.63, 3.8) is 0 Å². The molecule has 2 bridgehead atoms. The van der Waals surface area contributed by atoms with Gasteiger partial charge in [0.15, 0.2) is 0 Å². The molecule has 3 heterocycles. The fraction of sp³-hybridized carbons (Fsp3) is 0.100. The summed E-state index contributed by atoms with van der Waals surface area (Å²) in [6, 6.07) is 33.5. The molecular weight excluding hydrogens is 622 g/mol. The monoisotopic (exact) mass is 643 g/mol. The van der Waals surface area contributed by atoms with E-state index in [0.29, 0.717) is 39.1 Å². The normalized spacial score (nSPS) is 25.4. The minimum Gasteiger partial charge on any atom is -0.386 e. The minimum absolute atomic E-state index is 0.0420. The van der Waals surface area contributed by atoms with E-state index < -0.39 is 58.4 Å². The van der Waals surface area contributed by atoms with E-state index in [1.807, 2.05) is 60.7 Å². The van der Waals surface area contributed by atoms with Crippen LogP contribution in [0.4, 0.5) is 5.69 Å². The lowest BCUT2D eigenvalue weighted by Gasteiger charge is -2.60. The van der Waals surface area contributed by atoms with Crippen molar-refractivity contribution in [2.24, 2.45) is 11.8 Å². The Morgan fingerprint density at radius 2 is 0.735 bits per heavy atom. The van der Waals surface area contributed by atoms with E-state index in [-0.39, 0.29) is 22.3 Å². The van der Waals surface area contributed by atoms with Crippen LogP contribution in [0.15, 0.2) is 115 Å². The highest BCUT2D eigenvalue weighted by Gasteiger charge is 2.75. The number of carbonyl (C=O) groups excluding carboxylic acids is 6. The van der Waals surface area contributed by atoms with Crippen LogP contribution in [0.25, 0.3) is 0 Å². The molecule has 1 fully saturated rings. The summed E-state index contributed by atoms with van der Waals surface area (Å²) in [5, 5.41) is 0. The fourth-order valence-electron chi connectivity index (χ4n) is 9.29. The number of fused-ring (bicyclic) bond motifs is 2. The van der Waals surface area contributed by atoms with Crippen molar-refractivity contribution in [2.45, 2.75) is 10.8 Å². The SMILES string of the molecule is O=C1OC(=O)c2cc3c(cc21)C1(c2ccccc2)c2cc4c(cc2C3(c2ccccc2)C2C(=O)N(c3ccccc3)C(=O)C21)C(=O)OC4=O. The average molecular weight is 644 g/mol. The van der Waals surface area contributed by atoms with Gasteiger partial charge in [-0.25, -0.2) is 24.1 Å². The largest absolute Gasteiger partial charge is 0.386 e. The second-order valence-corrected chi connectivity index (χ2v) is 12.9. The van der Waals surface area contributed by atoms with Crippen LogP contribution in [0.3, 0.4) is 0 Å². The number of carbonyl (C=O) groups is 6. The number of hydrogen-bond donors (Lipinski definition) is 0. The van der Waals surface area contributed by atoms with Crippen molar-refractivity contribution in [1.82, 2.24) is 0 Å². The molecule has 9 heteroatoms. The summed E-state index contributed by atoms with van der Waals surface area (Å²) >= 11 is 0. The third-order valence-electron chi connectivity index (χ3n) is 11.0. The Balaban J connectivity index is 1.45. The second kappa shape index (κ2) is 9.11. The molecule has 0 spiro atoms. The van der Waals surface area contributed by atoms with Crippen LogP contribution in [-0.4, -0.2) is 35.7 Å². The number of amides is 2. The van der Waals surface area contributed by atoms with Gasteiger partial charge in [-0.1, -0.05) is 78.9 Å². The lowest BCUT2D eigenvalue weighted by atomic mass is 9.38. The Bertz CT molecular complexity index is 2180. The van der Waals surface area contributed by atoms with Gasteiger partial charge in [0.1, 0.15) is 0 Å². The molecule has 2 amide bonds. The molecule has 3 aliphatic carbocycles. The van der Waals surface area contributed by atoms with Crippen LogP contribution >= 0.6 is 0 Å². The first kappa shape index (κ1) is 27.6. The van der Waals surface area contributed by atoms with Gasteiger partial charge in [-0.2, -0.15) is 0 Å². The number of hydrogen-bond acceptors (Lipinski definition) is 8. The first-order valence-corrected chi connectivity index (χ1v) is 15.7. The molecule has 6 aliphatic rings. The van der Waals surface area contributed by atoms with Gasteiger partial charge in [0, 0.05) is 0 Å². The number of imide groups is 1. The molecule has 2 atom stereocenters. The molecule has 0 radical (unpaired) electrons. The predicted octanol–water partition coefficient (Wildman–Crippen LogP) is 5.11. The summed E-state index contributed by atoms with van der Waals surface area (Å²) < 4.78 is 10.1. The topological polar surface area (TPSA) is 124 Å². The number of esters is 4. The van der Waals surface area contributed by atoms with E-state index in [4.69, 9.17) is 9.47 Å². The molecule has 49 heavy (non-hydrogen) atoms. The third-order valence-corrected chi connectivity index (χ3v) is 11.0. The minimum atomic E-state index is -1.47. The van der Waals surface area contributed by atoms with Gasteiger partial charge in [0.25, 0.3) is 0 Å². The van der Waals surface area contributed by atoms with Gasteiger partial charge < -0.3 is 9.47 Å². The maximum absolute atomic E-state index is 15.2. The van der Waals surface area contributed by atoms with E-state index in [9.17, 15) is 19.2 Å². The van der Waals surface area contributed by atoms with E-state index in [2.05, 4.69) is 0 Å². The fourth-order valence-corrected chi connectivity index (χ4v) is 9.29. The summed E-state index contributed by atoms with van der Waals surface area (Å²) in [6.07, 6.45) is 0. The van der Waals surface area contributed by atoms with Gasteiger partial charge >= 0.3 is 23.9 Å². The number of anilines is 1. The standard InChI is InChI=1S/C40H21NO8/c42-33-31-32(34(43)41(33)22-14-8-3-9-15-22)40(21-12-6-2-7-13-21)29-18-25-23(35(44)48-37(25)46)16-27(29)39(31,20-10-4-1-5-11-20)28-17-24-26(19-30(28)40)38(47)49-36(24)45/h1-19,31-32H. The predicted molar refractivity (Wildman–Crippen MR) is 171 cm³/mol. The molecule has 0 N–H and O–H groups in total. The first-order chi connectivity index (χ1) is 23.8. The van der Waals surface area contributed by atoms with Gasteiger partial charge in [-0.15, -0.1) is 0 Å². The van der Waals surface area contributed by atoms with Crippen LogP contribution in [0.2, 0.25) is 0 Å². The highest BCUT2D eigenvalue weighted by Crippen LogP contribution is 2.71. The van der Waals surface area contributed by atoms with Crippen molar-refractivity contribution < 1.29 is 38.2 Å². The van der Waals surface area contributed by atoms with Crippen molar-refractivity contribution in [3.8, 4) is 0 Å². The third kappa shape index (κ3) is 3.06. The van der Waals surface area contributed by atoms with Crippen LogP contribution < -0.4 is 4.90 Å². The molecule has 234 valence electrons. The van der Waals surface area contributed by atoms with Crippen molar-refractivity contribution >= 4 is 41.4 Å². The van der Waals surface area contributed by atoms with Crippen molar-refractivity contribution in [2.75, 3.05) is 4.90 Å². The second-order valence-electron chi connectivity index (χ2n) is 12.9. The van der Waals surface area contributed by atoms with Crippen molar-refractivity contribution in [1.29, 1.82) is 0 Å². The number of cyclic esters (lactones) is 4. The van der Waals surface area contributed by atoms with Crippen LogP contribution in [0.1, 0.15) is 74.8 Å². The molecule has 2 unspecified atom stereocenters. The molecule has 0 saturated carbocycles. The molecular formula is C40H21NO8. The van der Waals surface area contributed by atoms with Crippen molar-refractivity contribution in [3.05, 3.63) is 171 Å².